The molecule has 0 fully saturated rings. The van der Waals surface area contributed by atoms with Crippen LogP contribution in [0.1, 0.15) is 5.56 Å². The quantitative estimate of drug-likeness (QED) is 0.681. The van der Waals surface area contributed by atoms with E-state index in [-0.39, 0.29) is 12.2 Å². The fraction of sp³-hybridized carbons (Fsp3) is 0.300. The fourth-order valence-electron chi connectivity index (χ4n) is 1.43. The molecule has 17 heavy (non-hydrogen) atoms. The number of carboxylic acid groups (broad SMARTS) is 1. The van der Waals surface area contributed by atoms with Crippen LogP contribution in [0, 0.1) is 17.0 Å². The highest BCUT2D eigenvalue weighted by Crippen LogP contribution is 2.32. The number of rotatable bonds is 4. The molecule has 7 heteroatoms. The number of hydrogen-bond donors (Lipinski definition) is 1. The minimum Gasteiger partial charge on any atom is -0.480 e. The summed E-state index contributed by atoms with van der Waals surface area (Å²) in [6, 6.07) is 2.97. The largest absolute Gasteiger partial charge is 0.480 e. The number of nitrogens with zero attached hydrogens (tertiary/aromatic N) is 2. The lowest BCUT2D eigenvalue weighted by molar-refractivity contribution is -0.385. The Morgan fingerprint density at radius 3 is 2.65 bits per heavy atom. The van der Waals surface area contributed by atoms with Crippen LogP contribution in [0.3, 0.4) is 0 Å². The second kappa shape index (κ2) is 5.13. The van der Waals surface area contributed by atoms with Crippen molar-refractivity contribution in [3.05, 3.63) is 32.3 Å². The number of benzene rings is 1. The molecule has 0 bridgehead atoms. The van der Waals surface area contributed by atoms with Crippen molar-refractivity contribution in [2.75, 3.05) is 18.5 Å². The van der Waals surface area contributed by atoms with Crippen LogP contribution in [-0.2, 0) is 4.79 Å². The van der Waals surface area contributed by atoms with Crippen LogP contribution in [-0.4, -0.2) is 29.6 Å². The molecule has 0 spiro atoms. The predicted molar refractivity (Wildman–Crippen MR) is 66.4 cm³/mol. The highest BCUT2D eigenvalue weighted by Gasteiger charge is 2.17. The molecule has 1 aromatic carbocycles. The maximum absolute atomic E-state index is 10.7. The third kappa shape index (κ3) is 3.16. The zero-order chi connectivity index (χ0) is 13.2. The Morgan fingerprint density at radius 1 is 1.59 bits per heavy atom. The first kappa shape index (κ1) is 13.4. The van der Waals surface area contributed by atoms with Gasteiger partial charge in [-0.2, -0.15) is 0 Å². The average Bonchev–Trinajstić information content (AvgIpc) is 2.19. The average molecular weight is 303 g/mol. The molecular weight excluding hydrogens is 292 g/mol. The lowest BCUT2D eigenvalue weighted by Gasteiger charge is -2.18. The van der Waals surface area contributed by atoms with Gasteiger partial charge in [-0.25, -0.2) is 0 Å². The molecule has 0 aliphatic carbocycles. The van der Waals surface area contributed by atoms with E-state index < -0.39 is 10.9 Å². The predicted octanol–water partition coefficient (Wildman–Crippen LogP) is 2.19. The van der Waals surface area contributed by atoms with E-state index in [1.54, 1.807) is 20.0 Å². The zero-order valence-electron chi connectivity index (χ0n) is 9.31. The third-order valence-electron chi connectivity index (χ3n) is 2.25. The number of aryl methyl sites for hydroxylation is 1. The number of aliphatic carboxylic acids is 1. The summed E-state index contributed by atoms with van der Waals surface area (Å²) < 4.78 is 0.499. The molecule has 1 N–H and O–H groups in total. The molecule has 0 unspecified atom stereocenters. The molecular formula is C10H11BrN2O4. The smallest absolute Gasteiger partial charge is 0.323 e. The normalized spacial score (nSPS) is 10.1. The topological polar surface area (TPSA) is 83.7 Å². The zero-order valence-corrected chi connectivity index (χ0v) is 10.9. The van der Waals surface area contributed by atoms with Crippen molar-refractivity contribution in [2.24, 2.45) is 0 Å². The van der Waals surface area contributed by atoms with Gasteiger partial charge < -0.3 is 10.0 Å². The van der Waals surface area contributed by atoms with E-state index >= 15 is 0 Å². The molecule has 0 saturated carbocycles. The minimum atomic E-state index is -0.963. The number of carbonyl (C=O) groups is 1. The fourth-order valence-corrected chi connectivity index (χ4v) is 2.07. The first-order valence-corrected chi connectivity index (χ1v) is 5.49. The highest BCUT2D eigenvalue weighted by molar-refractivity contribution is 9.10. The third-order valence-corrected chi connectivity index (χ3v) is 2.88. The van der Waals surface area contributed by atoms with Crippen LogP contribution in [0.2, 0.25) is 0 Å². The van der Waals surface area contributed by atoms with Gasteiger partial charge >= 0.3 is 5.97 Å². The van der Waals surface area contributed by atoms with Gasteiger partial charge in [0.25, 0.3) is 5.69 Å². The molecule has 1 rings (SSSR count). The van der Waals surface area contributed by atoms with Crippen LogP contribution in [0.4, 0.5) is 11.4 Å². The second-order valence-electron chi connectivity index (χ2n) is 3.60. The number of nitro groups is 1. The van der Waals surface area contributed by atoms with E-state index in [0.717, 1.165) is 0 Å². The van der Waals surface area contributed by atoms with Gasteiger partial charge in [0.1, 0.15) is 6.54 Å². The summed E-state index contributed by atoms with van der Waals surface area (Å²) in [5.41, 5.74) is 1.10. The molecule has 0 atom stereocenters. The number of hydrogen-bond acceptors (Lipinski definition) is 4. The molecule has 0 radical (unpaired) electrons. The van der Waals surface area contributed by atoms with Crippen LogP contribution < -0.4 is 4.90 Å². The molecule has 0 heterocycles. The Hall–Kier alpha value is -1.63. The van der Waals surface area contributed by atoms with Crippen molar-refractivity contribution in [1.82, 2.24) is 0 Å². The summed E-state index contributed by atoms with van der Waals surface area (Å²) in [5.74, 6) is -0.963. The van der Waals surface area contributed by atoms with Gasteiger partial charge in [-0.05, 0) is 28.9 Å². The van der Waals surface area contributed by atoms with E-state index in [1.165, 1.54) is 11.0 Å². The van der Waals surface area contributed by atoms with Gasteiger partial charge in [0.05, 0.1) is 10.6 Å². The van der Waals surface area contributed by atoms with E-state index in [9.17, 15) is 14.9 Å². The van der Waals surface area contributed by atoms with Crippen molar-refractivity contribution in [1.29, 1.82) is 0 Å². The molecule has 0 aliphatic heterocycles. The van der Waals surface area contributed by atoms with Crippen molar-refractivity contribution < 1.29 is 14.8 Å². The van der Waals surface area contributed by atoms with Gasteiger partial charge in [0.15, 0.2) is 0 Å². The van der Waals surface area contributed by atoms with Crippen molar-refractivity contribution >= 4 is 33.3 Å². The Balaban J connectivity index is 3.15. The first-order chi connectivity index (χ1) is 7.82. The van der Waals surface area contributed by atoms with Crippen LogP contribution >= 0.6 is 15.9 Å². The number of nitro benzene ring substituents is 1. The Kier molecular flexibility index (Phi) is 4.06. The number of likely N-dealkylation sites (N-methyl/N-ethyl adjacent to an activating group) is 1. The number of halogens is 1. The number of carboxylic acids is 1. The summed E-state index contributed by atoms with van der Waals surface area (Å²) in [4.78, 5) is 22.3. The summed E-state index contributed by atoms with van der Waals surface area (Å²) >= 11 is 3.20. The van der Waals surface area contributed by atoms with Gasteiger partial charge in [-0.1, -0.05) is 0 Å². The minimum absolute atomic E-state index is 0.00403. The molecule has 92 valence electrons. The lowest BCUT2D eigenvalue weighted by atomic mass is 10.1. The SMILES string of the molecule is Cc1cc(N(C)CC(=O)O)c(Br)cc1[N+](=O)[O-]. The maximum Gasteiger partial charge on any atom is 0.323 e. The highest BCUT2D eigenvalue weighted by atomic mass is 79.9. The van der Waals surface area contributed by atoms with Gasteiger partial charge in [-0.15, -0.1) is 0 Å². The van der Waals surface area contributed by atoms with Gasteiger partial charge in [-0.3, -0.25) is 14.9 Å². The molecule has 6 nitrogen and oxygen atoms in total. The Labute approximate surface area is 106 Å². The summed E-state index contributed by atoms with van der Waals surface area (Å²) in [7, 11) is 1.61. The molecule has 0 amide bonds. The summed E-state index contributed by atoms with van der Waals surface area (Å²) in [5, 5.41) is 19.4. The Bertz CT molecular complexity index is 476. The molecule has 1 aromatic rings. The van der Waals surface area contributed by atoms with E-state index in [2.05, 4.69) is 15.9 Å². The maximum atomic E-state index is 10.7. The summed E-state index contributed by atoms with van der Waals surface area (Å²) in [6.07, 6.45) is 0. The molecule has 0 aromatic heterocycles. The number of anilines is 1. The van der Waals surface area contributed by atoms with Crippen LogP contribution in [0.5, 0.6) is 0 Å². The van der Waals surface area contributed by atoms with E-state index in [4.69, 9.17) is 5.11 Å². The lowest BCUT2D eigenvalue weighted by Crippen LogP contribution is -2.25. The second-order valence-corrected chi connectivity index (χ2v) is 4.45. The Morgan fingerprint density at radius 2 is 2.18 bits per heavy atom. The standard InChI is InChI=1S/C10H11BrN2O4/c1-6-3-9(12(2)5-10(14)15)7(11)4-8(6)13(16)17/h3-4H,5H2,1-2H3,(H,14,15). The van der Waals surface area contributed by atoms with Gasteiger partial charge in [0, 0.05) is 23.2 Å². The molecule has 0 aliphatic rings. The molecule has 0 saturated heterocycles. The van der Waals surface area contributed by atoms with Crippen molar-refractivity contribution in [3.63, 3.8) is 0 Å². The monoisotopic (exact) mass is 302 g/mol. The first-order valence-electron chi connectivity index (χ1n) is 4.70. The van der Waals surface area contributed by atoms with Crippen molar-refractivity contribution in [2.45, 2.75) is 6.92 Å². The van der Waals surface area contributed by atoms with Crippen LogP contribution in [0.15, 0.2) is 16.6 Å². The van der Waals surface area contributed by atoms with Crippen molar-refractivity contribution in [3.8, 4) is 0 Å². The van der Waals surface area contributed by atoms with E-state index in [1.807, 2.05) is 0 Å². The van der Waals surface area contributed by atoms with Gasteiger partial charge in [0.2, 0.25) is 0 Å². The van der Waals surface area contributed by atoms with Crippen LogP contribution in [0.25, 0.3) is 0 Å². The summed E-state index contributed by atoms with van der Waals surface area (Å²) in [6.45, 7) is 1.44. The van der Waals surface area contributed by atoms with E-state index in [0.29, 0.717) is 15.7 Å².